The van der Waals surface area contributed by atoms with Crippen molar-refractivity contribution in [3.8, 4) is 11.8 Å². The molecule has 1 aromatic heterocycles. The molecule has 0 bridgehead atoms. The molecule has 1 aliphatic rings. The fourth-order valence-corrected chi connectivity index (χ4v) is 3.41. The summed E-state index contributed by atoms with van der Waals surface area (Å²) < 4.78 is 11.0. The molecule has 0 saturated heterocycles. The monoisotopic (exact) mass is 369 g/mol. The highest BCUT2D eigenvalue weighted by molar-refractivity contribution is 5.76. The van der Waals surface area contributed by atoms with Gasteiger partial charge >= 0.3 is 0 Å². The molecule has 0 spiro atoms. The van der Waals surface area contributed by atoms with Crippen LogP contribution in [0.25, 0.3) is 0 Å². The molecule has 1 heterocycles. The van der Waals surface area contributed by atoms with E-state index in [1.165, 1.54) is 11.1 Å². The predicted molar refractivity (Wildman–Crippen MR) is 103 cm³/mol. The first-order valence-corrected chi connectivity index (χ1v) is 9.50. The molecule has 1 aromatic carbocycles. The van der Waals surface area contributed by atoms with Crippen LogP contribution in [0, 0.1) is 6.92 Å². The van der Waals surface area contributed by atoms with Crippen molar-refractivity contribution in [1.29, 1.82) is 0 Å². The molecule has 0 aliphatic heterocycles. The fourth-order valence-electron chi connectivity index (χ4n) is 3.41. The molecule has 6 heteroatoms. The molecule has 1 fully saturated rings. The summed E-state index contributed by atoms with van der Waals surface area (Å²) in [4.78, 5) is 20.5. The third-order valence-corrected chi connectivity index (χ3v) is 4.85. The average Bonchev–Trinajstić information content (AvgIpc) is 2.68. The molecule has 1 saturated carbocycles. The lowest BCUT2D eigenvalue weighted by molar-refractivity contribution is -0.122. The van der Waals surface area contributed by atoms with E-state index in [0.29, 0.717) is 18.2 Å². The highest BCUT2D eigenvalue weighted by atomic mass is 16.5. The minimum Gasteiger partial charge on any atom is -0.480 e. The highest BCUT2D eigenvalue weighted by Gasteiger charge is 2.24. The van der Waals surface area contributed by atoms with Gasteiger partial charge in [-0.1, -0.05) is 29.8 Å². The number of ether oxygens (including phenoxy) is 2. The molecule has 1 aliphatic carbocycles. The van der Waals surface area contributed by atoms with Crippen molar-refractivity contribution in [3.63, 3.8) is 0 Å². The van der Waals surface area contributed by atoms with Gasteiger partial charge in [-0.25, -0.2) is 0 Å². The zero-order valence-corrected chi connectivity index (χ0v) is 16.0. The van der Waals surface area contributed by atoms with E-state index in [1.54, 1.807) is 19.5 Å². The first-order valence-electron chi connectivity index (χ1n) is 9.50. The highest BCUT2D eigenvalue weighted by Crippen LogP contribution is 2.23. The van der Waals surface area contributed by atoms with Gasteiger partial charge in [-0.2, -0.15) is 4.98 Å². The number of hydrogen-bond acceptors (Lipinski definition) is 5. The fraction of sp³-hybridized carbons (Fsp3) is 0.476. The Morgan fingerprint density at radius 3 is 2.70 bits per heavy atom. The van der Waals surface area contributed by atoms with Gasteiger partial charge in [-0.3, -0.25) is 9.78 Å². The Morgan fingerprint density at radius 2 is 1.96 bits per heavy atom. The second-order valence-corrected chi connectivity index (χ2v) is 7.05. The third-order valence-electron chi connectivity index (χ3n) is 4.85. The number of aryl methyl sites for hydroxylation is 2. The number of aromatic nitrogens is 2. The molecule has 2 aromatic rings. The zero-order chi connectivity index (χ0) is 19.1. The molecule has 0 radical (unpaired) electrons. The van der Waals surface area contributed by atoms with E-state index in [-0.39, 0.29) is 18.1 Å². The van der Waals surface area contributed by atoms with Crippen LogP contribution in [0.3, 0.4) is 0 Å². The van der Waals surface area contributed by atoms with Crippen LogP contribution < -0.4 is 14.8 Å². The standard InChI is InChI=1S/C21H27N3O3/c1-15-4-3-5-16(12-15)6-11-19(25)23-17-7-9-18(10-8-17)27-21-14-22-13-20(24-21)26-2/h3-5,12-14,17-18H,6-11H2,1-2H3,(H,23,25). The molecule has 1 N–H and O–H groups in total. The Hall–Kier alpha value is -2.63. The first-order chi connectivity index (χ1) is 13.1. The molecule has 1 amide bonds. The van der Waals surface area contributed by atoms with Crippen LogP contribution in [0.15, 0.2) is 36.7 Å². The van der Waals surface area contributed by atoms with Gasteiger partial charge in [0.05, 0.1) is 19.5 Å². The van der Waals surface area contributed by atoms with Crippen molar-refractivity contribution >= 4 is 5.91 Å². The van der Waals surface area contributed by atoms with Gasteiger partial charge in [0.25, 0.3) is 0 Å². The summed E-state index contributed by atoms with van der Waals surface area (Å²) in [6.45, 7) is 2.07. The number of amides is 1. The maximum atomic E-state index is 12.2. The van der Waals surface area contributed by atoms with E-state index in [2.05, 4.69) is 40.4 Å². The van der Waals surface area contributed by atoms with Crippen molar-refractivity contribution in [1.82, 2.24) is 15.3 Å². The lowest BCUT2D eigenvalue weighted by atomic mass is 9.92. The minimum atomic E-state index is 0.104. The summed E-state index contributed by atoms with van der Waals surface area (Å²) in [6, 6.07) is 8.55. The quantitative estimate of drug-likeness (QED) is 0.811. The van der Waals surface area contributed by atoms with E-state index in [0.717, 1.165) is 32.1 Å². The largest absolute Gasteiger partial charge is 0.480 e. The number of benzene rings is 1. The summed E-state index contributed by atoms with van der Waals surface area (Å²) in [5.41, 5.74) is 2.44. The van der Waals surface area contributed by atoms with Crippen LogP contribution >= 0.6 is 0 Å². The minimum absolute atomic E-state index is 0.104. The maximum Gasteiger partial charge on any atom is 0.235 e. The summed E-state index contributed by atoms with van der Waals surface area (Å²) in [5.74, 6) is 1.06. The number of carbonyl (C=O) groups is 1. The van der Waals surface area contributed by atoms with Crippen LogP contribution in [0.2, 0.25) is 0 Å². The normalized spacial score (nSPS) is 19.3. The lowest BCUT2D eigenvalue weighted by Gasteiger charge is -2.29. The van der Waals surface area contributed by atoms with E-state index in [9.17, 15) is 4.79 Å². The lowest BCUT2D eigenvalue weighted by Crippen LogP contribution is -2.39. The summed E-state index contributed by atoms with van der Waals surface area (Å²) in [7, 11) is 1.56. The van der Waals surface area contributed by atoms with Crippen LogP contribution in [0.5, 0.6) is 11.8 Å². The van der Waals surface area contributed by atoms with Crippen LogP contribution in [-0.2, 0) is 11.2 Å². The predicted octanol–water partition coefficient (Wildman–Crippen LogP) is 3.23. The summed E-state index contributed by atoms with van der Waals surface area (Å²) in [6.07, 6.45) is 8.17. The molecule has 0 unspecified atom stereocenters. The van der Waals surface area contributed by atoms with E-state index < -0.39 is 0 Å². The van der Waals surface area contributed by atoms with Gasteiger partial charge in [0.1, 0.15) is 6.10 Å². The van der Waals surface area contributed by atoms with E-state index in [1.807, 2.05) is 6.07 Å². The number of carbonyl (C=O) groups excluding carboxylic acids is 1. The number of rotatable bonds is 7. The smallest absolute Gasteiger partial charge is 0.235 e. The number of nitrogens with one attached hydrogen (secondary N) is 1. The van der Waals surface area contributed by atoms with E-state index in [4.69, 9.17) is 9.47 Å². The Balaban J connectivity index is 1.39. The molecule has 3 rings (SSSR count). The van der Waals surface area contributed by atoms with Gasteiger partial charge < -0.3 is 14.8 Å². The molecule has 0 atom stereocenters. The summed E-state index contributed by atoms with van der Waals surface area (Å²) in [5, 5.41) is 3.16. The van der Waals surface area contributed by atoms with Crippen LogP contribution in [0.1, 0.15) is 43.2 Å². The van der Waals surface area contributed by atoms with Crippen LogP contribution in [0.4, 0.5) is 0 Å². The zero-order valence-electron chi connectivity index (χ0n) is 16.0. The molecule has 27 heavy (non-hydrogen) atoms. The van der Waals surface area contributed by atoms with Crippen LogP contribution in [-0.4, -0.2) is 35.1 Å². The SMILES string of the molecule is COc1cncc(OC2CCC(NC(=O)CCc3cccc(C)c3)CC2)n1. The third kappa shape index (κ3) is 5.94. The number of nitrogens with zero attached hydrogens (tertiary/aromatic N) is 2. The van der Waals surface area contributed by atoms with Gasteiger partial charge in [0.2, 0.25) is 17.7 Å². The number of hydrogen-bond donors (Lipinski definition) is 1. The Bertz CT molecular complexity index is 758. The van der Waals surface area contributed by atoms with Crippen molar-refractivity contribution < 1.29 is 14.3 Å². The molecule has 6 nitrogen and oxygen atoms in total. The molecular weight excluding hydrogens is 342 g/mol. The first kappa shape index (κ1) is 19.1. The molecule has 144 valence electrons. The van der Waals surface area contributed by atoms with Crippen molar-refractivity contribution in [2.75, 3.05) is 7.11 Å². The van der Waals surface area contributed by atoms with E-state index >= 15 is 0 Å². The Kier molecular flexibility index (Phi) is 6.63. The molecular formula is C21H27N3O3. The van der Waals surface area contributed by atoms with Gasteiger partial charge in [0, 0.05) is 12.5 Å². The Morgan fingerprint density at radius 1 is 1.19 bits per heavy atom. The topological polar surface area (TPSA) is 73.3 Å². The second-order valence-electron chi connectivity index (χ2n) is 7.05. The van der Waals surface area contributed by atoms with Gasteiger partial charge in [0.15, 0.2) is 0 Å². The van der Waals surface area contributed by atoms with Crippen molar-refractivity contribution in [2.24, 2.45) is 0 Å². The van der Waals surface area contributed by atoms with Gasteiger partial charge in [-0.15, -0.1) is 0 Å². The average molecular weight is 369 g/mol. The maximum absolute atomic E-state index is 12.2. The second kappa shape index (κ2) is 9.35. The number of methoxy groups -OCH3 is 1. The van der Waals surface area contributed by atoms with Crippen molar-refractivity contribution in [2.45, 2.75) is 57.6 Å². The Labute approximate surface area is 160 Å². The van der Waals surface area contributed by atoms with Gasteiger partial charge in [-0.05, 0) is 44.6 Å². The van der Waals surface area contributed by atoms with Crippen molar-refractivity contribution in [3.05, 3.63) is 47.8 Å². The summed E-state index contributed by atoms with van der Waals surface area (Å²) >= 11 is 0.